The fourth-order valence-electron chi connectivity index (χ4n) is 2.62. The minimum absolute atomic E-state index is 0.0542. The summed E-state index contributed by atoms with van der Waals surface area (Å²) in [6.07, 6.45) is 2.69. The predicted octanol–water partition coefficient (Wildman–Crippen LogP) is -0.421. The molecule has 1 aliphatic rings. The van der Waals surface area contributed by atoms with Gasteiger partial charge in [-0.1, -0.05) is 13.3 Å². The Morgan fingerprint density at radius 3 is 2.41 bits per heavy atom. The van der Waals surface area contributed by atoms with E-state index >= 15 is 0 Å². The molecule has 1 fully saturated rings. The van der Waals surface area contributed by atoms with Crippen LogP contribution in [0.4, 0.5) is 0 Å². The molecule has 0 saturated carbocycles. The van der Waals surface area contributed by atoms with E-state index in [0.717, 1.165) is 25.8 Å². The number of hydrogen-bond acceptors (Lipinski definition) is 4. The molecule has 100 valence electrons. The molecule has 1 atom stereocenters. The molecule has 17 heavy (non-hydrogen) atoms. The number of amides is 1. The number of carbonyl (C=O) groups is 1. The Morgan fingerprint density at radius 1 is 1.35 bits per heavy atom. The fourth-order valence-corrected chi connectivity index (χ4v) is 2.62. The average Bonchev–Trinajstić information content (AvgIpc) is 2.78. The highest BCUT2D eigenvalue weighted by Crippen LogP contribution is 2.33. The molecule has 0 radical (unpaired) electrons. The molecule has 0 aromatic heterocycles. The highest BCUT2D eigenvalue weighted by Gasteiger charge is 2.42. The zero-order valence-electron chi connectivity index (χ0n) is 10.6. The van der Waals surface area contributed by atoms with E-state index < -0.39 is 0 Å². The summed E-state index contributed by atoms with van der Waals surface area (Å²) in [6.45, 7) is 4.18. The van der Waals surface area contributed by atoms with Crippen LogP contribution in [0.2, 0.25) is 0 Å². The van der Waals surface area contributed by atoms with E-state index in [2.05, 4.69) is 12.2 Å². The highest BCUT2D eigenvalue weighted by atomic mass is 16.3. The molecule has 0 aromatic carbocycles. The largest absolute Gasteiger partial charge is 0.395 e. The number of carbonyl (C=O) groups excluding carboxylic acids is 1. The van der Waals surface area contributed by atoms with Crippen LogP contribution < -0.4 is 5.32 Å². The summed E-state index contributed by atoms with van der Waals surface area (Å²) in [7, 11) is 0. The Morgan fingerprint density at radius 2 is 2.00 bits per heavy atom. The first kappa shape index (κ1) is 14.4. The lowest BCUT2D eigenvalue weighted by Crippen LogP contribution is -2.47. The van der Waals surface area contributed by atoms with Crippen LogP contribution in [0.1, 0.15) is 26.2 Å². The van der Waals surface area contributed by atoms with Crippen molar-refractivity contribution in [1.29, 1.82) is 0 Å². The predicted molar refractivity (Wildman–Crippen MR) is 65.6 cm³/mol. The Bertz CT molecular complexity index is 234. The van der Waals surface area contributed by atoms with Crippen LogP contribution in [0, 0.1) is 5.41 Å². The smallest absolute Gasteiger partial charge is 0.230 e. The van der Waals surface area contributed by atoms with Gasteiger partial charge in [-0.3, -0.25) is 4.79 Å². The minimum atomic E-state index is -0.320. The Kier molecular flexibility index (Phi) is 5.88. The number of rotatable bonds is 7. The summed E-state index contributed by atoms with van der Waals surface area (Å²) in [6, 6.07) is 0. The maximum atomic E-state index is 12.5. The third-order valence-electron chi connectivity index (χ3n) is 3.45. The SMILES string of the molecule is CCCC1(C(=O)N(CCO)CCO)CCNC1. The molecule has 0 aromatic rings. The normalized spacial score (nSPS) is 23.9. The minimum Gasteiger partial charge on any atom is -0.395 e. The first-order chi connectivity index (χ1) is 8.20. The van der Waals surface area contributed by atoms with Crippen LogP contribution in [-0.2, 0) is 4.79 Å². The van der Waals surface area contributed by atoms with Crippen LogP contribution in [-0.4, -0.2) is 60.4 Å². The van der Waals surface area contributed by atoms with Crippen molar-refractivity contribution in [2.24, 2.45) is 5.41 Å². The zero-order valence-corrected chi connectivity index (χ0v) is 10.6. The van der Waals surface area contributed by atoms with Crippen LogP contribution in [0.15, 0.2) is 0 Å². The first-order valence-corrected chi connectivity index (χ1v) is 6.42. The van der Waals surface area contributed by atoms with Crippen molar-refractivity contribution < 1.29 is 15.0 Å². The molecular formula is C12H24N2O3. The summed E-state index contributed by atoms with van der Waals surface area (Å²) in [5, 5.41) is 21.2. The van der Waals surface area contributed by atoms with Crippen LogP contribution in [0.3, 0.4) is 0 Å². The van der Waals surface area contributed by atoms with Gasteiger partial charge >= 0.3 is 0 Å². The van der Waals surface area contributed by atoms with E-state index in [-0.39, 0.29) is 24.5 Å². The molecule has 0 spiro atoms. The zero-order chi connectivity index (χ0) is 12.7. The van der Waals surface area contributed by atoms with Gasteiger partial charge in [-0.15, -0.1) is 0 Å². The number of nitrogens with zero attached hydrogens (tertiary/aromatic N) is 1. The van der Waals surface area contributed by atoms with Gasteiger partial charge in [0, 0.05) is 19.6 Å². The molecule has 1 saturated heterocycles. The van der Waals surface area contributed by atoms with Crippen molar-refractivity contribution >= 4 is 5.91 Å². The van der Waals surface area contributed by atoms with E-state index in [1.54, 1.807) is 4.90 Å². The molecule has 0 aliphatic carbocycles. The molecule has 1 rings (SSSR count). The van der Waals surface area contributed by atoms with Gasteiger partial charge in [0.2, 0.25) is 5.91 Å². The number of hydrogen-bond donors (Lipinski definition) is 3. The lowest BCUT2D eigenvalue weighted by molar-refractivity contribution is -0.142. The molecule has 0 bridgehead atoms. The van der Waals surface area contributed by atoms with Gasteiger partial charge in [0.15, 0.2) is 0 Å². The van der Waals surface area contributed by atoms with Crippen molar-refractivity contribution in [3.8, 4) is 0 Å². The van der Waals surface area contributed by atoms with Gasteiger partial charge in [-0.05, 0) is 19.4 Å². The third-order valence-corrected chi connectivity index (χ3v) is 3.45. The van der Waals surface area contributed by atoms with E-state index in [1.807, 2.05) is 0 Å². The summed E-state index contributed by atoms with van der Waals surface area (Å²) < 4.78 is 0. The lowest BCUT2D eigenvalue weighted by Gasteiger charge is -2.33. The standard InChI is InChI=1S/C12H24N2O3/c1-2-3-12(4-5-13-10-12)11(17)14(6-8-15)7-9-16/h13,15-16H,2-10H2,1H3. The summed E-state index contributed by atoms with van der Waals surface area (Å²) >= 11 is 0. The molecule has 1 unspecified atom stereocenters. The van der Waals surface area contributed by atoms with Gasteiger partial charge in [0.25, 0.3) is 0 Å². The topological polar surface area (TPSA) is 72.8 Å². The van der Waals surface area contributed by atoms with Crippen molar-refractivity contribution in [3.63, 3.8) is 0 Å². The second kappa shape index (κ2) is 6.93. The number of nitrogens with one attached hydrogen (secondary N) is 1. The monoisotopic (exact) mass is 244 g/mol. The second-order valence-corrected chi connectivity index (χ2v) is 4.70. The summed E-state index contributed by atoms with van der Waals surface area (Å²) in [4.78, 5) is 14.1. The quantitative estimate of drug-likeness (QED) is 0.569. The molecule has 5 heteroatoms. The van der Waals surface area contributed by atoms with Crippen molar-refractivity contribution in [3.05, 3.63) is 0 Å². The van der Waals surface area contributed by atoms with Gasteiger partial charge in [0.1, 0.15) is 0 Å². The molecular weight excluding hydrogens is 220 g/mol. The summed E-state index contributed by atoms with van der Waals surface area (Å²) in [5.74, 6) is 0.0763. The maximum absolute atomic E-state index is 12.5. The maximum Gasteiger partial charge on any atom is 0.230 e. The third kappa shape index (κ3) is 3.40. The van der Waals surface area contributed by atoms with Gasteiger partial charge in [0.05, 0.1) is 18.6 Å². The highest BCUT2D eigenvalue weighted by molar-refractivity contribution is 5.83. The molecule has 3 N–H and O–H groups in total. The van der Waals surface area contributed by atoms with Gasteiger partial charge in [-0.2, -0.15) is 0 Å². The van der Waals surface area contributed by atoms with E-state index in [9.17, 15) is 4.79 Å². The molecule has 1 aliphatic heterocycles. The fraction of sp³-hybridized carbons (Fsp3) is 0.917. The average molecular weight is 244 g/mol. The molecule has 5 nitrogen and oxygen atoms in total. The molecule has 1 amide bonds. The molecule has 1 heterocycles. The van der Waals surface area contributed by atoms with Crippen LogP contribution in [0.25, 0.3) is 0 Å². The van der Waals surface area contributed by atoms with Crippen molar-refractivity contribution in [1.82, 2.24) is 10.2 Å². The number of aliphatic hydroxyl groups excluding tert-OH is 2. The summed E-state index contributed by atoms with van der Waals surface area (Å²) in [5.41, 5.74) is -0.320. The van der Waals surface area contributed by atoms with Crippen molar-refractivity contribution in [2.75, 3.05) is 39.4 Å². The Balaban J connectivity index is 2.73. The Labute approximate surface area is 103 Å². The van der Waals surface area contributed by atoms with Gasteiger partial charge < -0.3 is 20.4 Å². The second-order valence-electron chi connectivity index (χ2n) is 4.70. The van der Waals surface area contributed by atoms with Crippen molar-refractivity contribution in [2.45, 2.75) is 26.2 Å². The van der Waals surface area contributed by atoms with E-state index in [1.165, 1.54) is 0 Å². The van der Waals surface area contributed by atoms with E-state index in [0.29, 0.717) is 19.6 Å². The lowest BCUT2D eigenvalue weighted by atomic mass is 9.81. The Hall–Kier alpha value is -0.650. The van der Waals surface area contributed by atoms with E-state index in [4.69, 9.17) is 10.2 Å². The van der Waals surface area contributed by atoms with Crippen LogP contribution in [0.5, 0.6) is 0 Å². The first-order valence-electron chi connectivity index (χ1n) is 6.42. The van der Waals surface area contributed by atoms with Gasteiger partial charge in [-0.25, -0.2) is 0 Å². The number of aliphatic hydroxyl groups is 2. The van der Waals surface area contributed by atoms with Crippen LogP contribution >= 0.6 is 0 Å².